The molecule has 0 fully saturated rings. The van der Waals surface area contributed by atoms with Crippen LogP contribution in [0.2, 0.25) is 0 Å². The predicted molar refractivity (Wildman–Crippen MR) is 48.5 cm³/mol. The van der Waals surface area contributed by atoms with Gasteiger partial charge in [-0.05, 0) is 20.8 Å². The van der Waals surface area contributed by atoms with Crippen molar-refractivity contribution >= 4 is 10.6 Å². The van der Waals surface area contributed by atoms with Crippen molar-refractivity contribution < 1.29 is 8.95 Å². The van der Waals surface area contributed by atoms with Gasteiger partial charge in [-0.25, -0.2) is 4.36 Å². The number of methoxy groups -OCH3 is 1. The van der Waals surface area contributed by atoms with Crippen molar-refractivity contribution in [2.75, 3.05) is 19.5 Å². The van der Waals surface area contributed by atoms with Crippen LogP contribution < -0.4 is 0 Å². The van der Waals surface area contributed by atoms with E-state index >= 15 is 0 Å². The normalized spacial score (nSPS) is 15.3. The standard InChI is InChI=1S/C7H17NO2S/c1-7(2,3)8-11(9)6-5-10-4/h11H,5-6H2,1-4H3. The van der Waals surface area contributed by atoms with Gasteiger partial charge in [0, 0.05) is 17.7 Å². The van der Waals surface area contributed by atoms with Gasteiger partial charge in [-0.3, -0.25) is 4.21 Å². The largest absolute Gasteiger partial charge is 0.384 e. The van der Waals surface area contributed by atoms with E-state index in [0.717, 1.165) is 0 Å². The molecule has 0 aliphatic carbocycles. The summed E-state index contributed by atoms with van der Waals surface area (Å²) in [6.07, 6.45) is 0. The van der Waals surface area contributed by atoms with Gasteiger partial charge in [-0.2, -0.15) is 0 Å². The lowest BCUT2D eigenvalue weighted by molar-refractivity contribution is 0.218. The Morgan fingerprint density at radius 3 is 2.36 bits per heavy atom. The summed E-state index contributed by atoms with van der Waals surface area (Å²) in [7, 11) is 0.173. The van der Waals surface area contributed by atoms with Crippen LogP contribution >= 0.6 is 0 Å². The number of rotatable bonds is 3. The zero-order valence-electron chi connectivity index (χ0n) is 7.63. The SMILES string of the molecule is COCC[SH](=O)=NC(C)(C)C. The average Bonchev–Trinajstić information content (AvgIpc) is 1.79. The number of hydrogen-bond donors (Lipinski definition) is 1. The molecule has 0 N–H and O–H groups in total. The van der Waals surface area contributed by atoms with E-state index in [9.17, 15) is 4.21 Å². The number of nitrogens with zero attached hydrogens (tertiary/aromatic N) is 1. The highest BCUT2D eigenvalue weighted by atomic mass is 32.2. The number of hydrogen-bond acceptors (Lipinski definition) is 3. The Hall–Kier alpha value is -0.0900. The van der Waals surface area contributed by atoms with E-state index < -0.39 is 10.6 Å². The van der Waals surface area contributed by atoms with Crippen molar-refractivity contribution in [3.63, 3.8) is 0 Å². The van der Waals surface area contributed by atoms with Crippen molar-refractivity contribution in [1.29, 1.82) is 0 Å². The second-order valence-electron chi connectivity index (χ2n) is 3.34. The Kier molecular flexibility index (Phi) is 4.68. The van der Waals surface area contributed by atoms with Crippen molar-refractivity contribution in [2.45, 2.75) is 26.3 Å². The smallest absolute Gasteiger partial charge is 0.0616 e. The van der Waals surface area contributed by atoms with Crippen molar-refractivity contribution in [2.24, 2.45) is 4.36 Å². The van der Waals surface area contributed by atoms with Crippen LogP contribution in [0, 0.1) is 0 Å². The highest BCUT2D eigenvalue weighted by Crippen LogP contribution is 2.06. The molecule has 0 spiro atoms. The molecule has 0 aromatic carbocycles. The van der Waals surface area contributed by atoms with E-state index in [1.54, 1.807) is 7.11 Å². The molecule has 11 heavy (non-hydrogen) atoms. The highest BCUT2D eigenvalue weighted by Gasteiger charge is 2.06. The van der Waals surface area contributed by atoms with Crippen LogP contribution in [0.25, 0.3) is 0 Å². The Labute approximate surface area is 70.4 Å². The highest BCUT2D eigenvalue weighted by molar-refractivity contribution is 7.74. The number of ether oxygens (including phenoxy) is 1. The molecule has 0 rings (SSSR count). The average molecular weight is 179 g/mol. The first-order valence-corrected chi connectivity index (χ1v) is 5.02. The molecular formula is C7H17NO2S. The Morgan fingerprint density at radius 1 is 1.45 bits per heavy atom. The van der Waals surface area contributed by atoms with Crippen LogP contribution in [-0.4, -0.2) is 29.2 Å². The molecule has 1 unspecified atom stereocenters. The third-order valence-electron chi connectivity index (χ3n) is 0.898. The minimum atomic E-state index is -1.42. The minimum Gasteiger partial charge on any atom is -0.384 e. The van der Waals surface area contributed by atoms with Gasteiger partial charge in [0.05, 0.1) is 17.9 Å². The van der Waals surface area contributed by atoms with Gasteiger partial charge in [0.2, 0.25) is 0 Å². The maximum Gasteiger partial charge on any atom is 0.0616 e. The zero-order valence-corrected chi connectivity index (χ0v) is 8.52. The van der Waals surface area contributed by atoms with E-state index in [1.165, 1.54) is 0 Å². The van der Waals surface area contributed by atoms with Gasteiger partial charge < -0.3 is 4.74 Å². The van der Waals surface area contributed by atoms with Crippen LogP contribution in [0.1, 0.15) is 20.8 Å². The molecule has 0 aliphatic heterocycles. The van der Waals surface area contributed by atoms with E-state index in [1.807, 2.05) is 20.8 Å². The zero-order chi connectivity index (χ0) is 8.91. The Bertz CT molecular complexity index is 177. The van der Waals surface area contributed by atoms with Gasteiger partial charge in [-0.15, -0.1) is 0 Å². The second-order valence-corrected chi connectivity index (χ2v) is 4.69. The summed E-state index contributed by atoms with van der Waals surface area (Å²) in [5.41, 5.74) is -0.193. The monoisotopic (exact) mass is 179 g/mol. The maximum absolute atomic E-state index is 11.1. The lowest BCUT2D eigenvalue weighted by Gasteiger charge is -2.09. The molecule has 1 atom stereocenters. The summed E-state index contributed by atoms with van der Waals surface area (Å²) >= 11 is 0. The van der Waals surface area contributed by atoms with Crippen LogP contribution in [0.5, 0.6) is 0 Å². The summed E-state index contributed by atoms with van der Waals surface area (Å²) in [4.78, 5) is 0. The fourth-order valence-corrected chi connectivity index (χ4v) is 1.66. The molecule has 0 aromatic rings. The van der Waals surface area contributed by atoms with Crippen molar-refractivity contribution in [3.8, 4) is 0 Å². The van der Waals surface area contributed by atoms with E-state index in [0.29, 0.717) is 12.4 Å². The maximum atomic E-state index is 11.1. The van der Waals surface area contributed by atoms with Crippen LogP contribution in [0.15, 0.2) is 4.36 Å². The molecule has 0 bridgehead atoms. The van der Waals surface area contributed by atoms with E-state index in [-0.39, 0.29) is 5.54 Å². The van der Waals surface area contributed by atoms with Gasteiger partial charge in [0.25, 0.3) is 0 Å². The van der Waals surface area contributed by atoms with Crippen molar-refractivity contribution in [1.82, 2.24) is 0 Å². The summed E-state index contributed by atoms with van der Waals surface area (Å²) in [6, 6.07) is 0. The topological polar surface area (TPSA) is 38.7 Å². The Morgan fingerprint density at radius 2 is 2.00 bits per heavy atom. The molecule has 0 aliphatic rings. The van der Waals surface area contributed by atoms with E-state index in [4.69, 9.17) is 4.74 Å². The molecule has 0 saturated heterocycles. The quantitative estimate of drug-likeness (QED) is 0.659. The lowest BCUT2D eigenvalue weighted by Crippen LogP contribution is -2.11. The molecule has 3 nitrogen and oxygen atoms in total. The second kappa shape index (κ2) is 4.72. The molecule has 4 heteroatoms. The first-order chi connectivity index (χ1) is 4.95. The first-order valence-electron chi connectivity index (χ1n) is 3.62. The molecule has 0 saturated carbocycles. The van der Waals surface area contributed by atoms with Gasteiger partial charge in [0.15, 0.2) is 0 Å². The first kappa shape index (κ1) is 10.9. The van der Waals surface area contributed by atoms with Gasteiger partial charge >= 0.3 is 0 Å². The molecule has 0 aromatic heterocycles. The molecule has 68 valence electrons. The third kappa shape index (κ3) is 7.81. The molecule has 0 heterocycles. The molecular weight excluding hydrogens is 162 g/mol. The van der Waals surface area contributed by atoms with Gasteiger partial charge in [-0.1, -0.05) is 0 Å². The summed E-state index contributed by atoms with van der Waals surface area (Å²) < 4.78 is 20.0. The fraction of sp³-hybridized carbons (Fsp3) is 1.00. The predicted octanol–water partition coefficient (Wildman–Crippen LogP) is 1.10. The fourth-order valence-electron chi connectivity index (χ4n) is 0.554. The summed E-state index contributed by atoms with van der Waals surface area (Å²) in [5.74, 6) is 0.531. The number of thiol groups is 1. The van der Waals surface area contributed by atoms with Gasteiger partial charge in [0.1, 0.15) is 0 Å². The van der Waals surface area contributed by atoms with E-state index in [2.05, 4.69) is 4.36 Å². The summed E-state index contributed by atoms with van der Waals surface area (Å²) in [5, 5.41) is 0. The van der Waals surface area contributed by atoms with Crippen molar-refractivity contribution in [3.05, 3.63) is 0 Å². The third-order valence-corrected chi connectivity index (χ3v) is 2.29. The summed E-state index contributed by atoms with van der Waals surface area (Å²) in [6.45, 7) is 6.34. The van der Waals surface area contributed by atoms with Crippen LogP contribution in [0.3, 0.4) is 0 Å². The molecule has 0 amide bonds. The minimum absolute atomic E-state index is 0.193. The molecule has 0 radical (unpaired) electrons. The van der Waals surface area contributed by atoms with Crippen LogP contribution in [-0.2, 0) is 15.3 Å². The Balaban J connectivity index is 3.92. The lowest BCUT2D eigenvalue weighted by atomic mass is 10.1. The van der Waals surface area contributed by atoms with Crippen LogP contribution in [0.4, 0.5) is 0 Å².